The first-order valence-corrected chi connectivity index (χ1v) is 7.75. The molecule has 0 bridgehead atoms. The molecule has 2 rings (SSSR count). The highest BCUT2D eigenvalue weighted by Gasteiger charge is 2.19. The van der Waals surface area contributed by atoms with E-state index in [1.54, 1.807) is 19.9 Å². The van der Waals surface area contributed by atoms with Crippen LogP contribution in [0.3, 0.4) is 0 Å². The number of rotatable bonds is 4. The van der Waals surface area contributed by atoms with Crippen molar-refractivity contribution in [2.75, 3.05) is 11.8 Å². The van der Waals surface area contributed by atoms with E-state index < -0.39 is 15.8 Å². The molecule has 2 aromatic rings. The number of hydrogen-bond acceptors (Lipinski definition) is 3. The van der Waals surface area contributed by atoms with E-state index in [1.165, 1.54) is 31.4 Å². The van der Waals surface area contributed by atoms with Crippen LogP contribution >= 0.6 is 0 Å². The van der Waals surface area contributed by atoms with Crippen molar-refractivity contribution in [3.05, 3.63) is 53.3 Å². The van der Waals surface area contributed by atoms with E-state index in [-0.39, 0.29) is 10.6 Å². The maximum absolute atomic E-state index is 13.1. The molecular formula is C15H16FNO3S. The number of ether oxygens (including phenoxy) is 1. The van der Waals surface area contributed by atoms with E-state index >= 15 is 0 Å². The van der Waals surface area contributed by atoms with Crippen molar-refractivity contribution in [3.8, 4) is 5.75 Å². The maximum Gasteiger partial charge on any atom is 0.262 e. The van der Waals surface area contributed by atoms with Gasteiger partial charge in [0, 0.05) is 0 Å². The minimum atomic E-state index is -3.78. The van der Waals surface area contributed by atoms with Gasteiger partial charge in [-0.3, -0.25) is 4.72 Å². The predicted molar refractivity (Wildman–Crippen MR) is 79.7 cm³/mol. The summed E-state index contributed by atoms with van der Waals surface area (Å²) in [6.45, 7) is 3.45. The van der Waals surface area contributed by atoms with Crippen molar-refractivity contribution in [1.82, 2.24) is 0 Å². The molecule has 0 aromatic heterocycles. The fourth-order valence-electron chi connectivity index (χ4n) is 2.03. The molecule has 21 heavy (non-hydrogen) atoms. The standard InChI is InChI=1S/C15H16FNO3S/c1-10-8-15(11(2)7-14(10)20-3)21(18,19)17-13-6-4-5-12(16)9-13/h4-9,17H,1-3H3. The number of nitrogens with one attached hydrogen (secondary N) is 1. The third-order valence-electron chi connectivity index (χ3n) is 3.06. The van der Waals surface area contributed by atoms with Crippen molar-refractivity contribution in [1.29, 1.82) is 0 Å². The van der Waals surface area contributed by atoms with E-state index in [9.17, 15) is 12.8 Å². The van der Waals surface area contributed by atoms with Crippen LogP contribution in [0.5, 0.6) is 5.75 Å². The minimum Gasteiger partial charge on any atom is -0.496 e. The molecule has 1 N–H and O–H groups in total. The Morgan fingerprint density at radius 3 is 2.43 bits per heavy atom. The Labute approximate surface area is 123 Å². The Kier molecular flexibility index (Phi) is 4.18. The molecule has 0 saturated carbocycles. The summed E-state index contributed by atoms with van der Waals surface area (Å²) in [5.74, 6) is 0.120. The zero-order valence-electron chi connectivity index (χ0n) is 12.0. The summed E-state index contributed by atoms with van der Waals surface area (Å²) in [5.41, 5.74) is 1.45. The molecule has 6 heteroatoms. The molecular weight excluding hydrogens is 293 g/mol. The van der Waals surface area contributed by atoms with Crippen LogP contribution in [0.15, 0.2) is 41.3 Å². The highest BCUT2D eigenvalue weighted by Crippen LogP contribution is 2.27. The average molecular weight is 309 g/mol. The fraction of sp³-hybridized carbons (Fsp3) is 0.200. The lowest BCUT2D eigenvalue weighted by atomic mass is 10.1. The van der Waals surface area contributed by atoms with Gasteiger partial charge in [0.2, 0.25) is 0 Å². The molecule has 0 radical (unpaired) electrons. The Bertz CT molecular complexity index is 772. The lowest BCUT2D eigenvalue weighted by molar-refractivity contribution is 0.411. The fourth-order valence-corrected chi connectivity index (χ4v) is 3.40. The quantitative estimate of drug-likeness (QED) is 0.943. The van der Waals surface area contributed by atoms with Crippen molar-refractivity contribution in [2.24, 2.45) is 0 Å². The molecule has 0 unspecified atom stereocenters. The lowest BCUT2D eigenvalue weighted by Gasteiger charge is -2.13. The molecule has 0 saturated heterocycles. The van der Waals surface area contributed by atoms with Gasteiger partial charge in [0.15, 0.2) is 0 Å². The van der Waals surface area contributed by atoms with Crippen LogP contribution in [-0.4, -0.2) is 15.5 Å². The highest BCUT2D eigenvalue weighted by molar-refractivity contribution is 7.92. The highest BCUT2D eigenvalue weighted by atomic mass is 32.2. The Balaban J connectivity index is 2.42. The zero-order valence-corrected chi connectivity index (χ0v) is 12.8. The van der Waals surface area contributed by atoms with Crippen LogP contribution in [0.2, 0.25) is 0 Å². The van der Waals surface area contributed by atoms with E-state index in [4.69, 9.17) is 4.74 Å². The number of benzene rings is 2. The van der Waals surface area contributed by atoms with Gasteiger partial charge in [-0.15, -0.1) is 0 Å². The second-order valence-corrected chi connectivity index (χ2v) is 6.35. The third kappa shape index (κ3) is 3.33. The van der Waals surface area contributed by atoms with E-state index in [2.05, 4.69) is 4.72 Å². The largest absolute Gasteiger partial charge is 0.496 e. The van der Waals surface area contributed by atoms with Gasteiger partial charge < -0.3 is 4.74 Å². The molecule has 0 atom stereocenters. The van der Waals surface area contributed by atoms with Gasteiger partial charge in [-0.1, -0.05) is 6.07 Å². The lowest BCUT2D eigenvalue weighted by Crippen LogP contribution is -2.14. The second-order valence-electron chi connectivity index (χ2n) is 4.70. The summed E-state index contributed by atoms with van der Waals surface area (Å²) in [6.07, 6.45) is 0. The van der Waals surface area contributed by atoms with Crippen molar-refractivity contribution in [2.45, 2.75) is 18.7 Å². The number of methoxy groups -OCH3 is 1. The molecule has 4 nitrogen and oxygen atoms in total. The average Bonchev–Trinajstić information content (AvgIpc) is 2.40. The summed E-state index contributed by atoms with van der Waals surface area (Å²) < 4.78 is 45.5. The van der Waals surface area contributed by atoms with Crippen LogP contribution < -0.4 is 9.46 Å². The molecule has 0 amide bonds. The number of aryl methyl sites for hydroxylation is 2. The van der Waals surface area contributed by atoms with Crippen molar-refractivity contribution >= 4 is 15.7 Å². The first kappa shape index (κ1) is 15.3. The minimum absolute atomic E-state index is 0.144. The summed E-state index contributed by atoms with van der Waals surface area (Å²) in [5, 5.41) is 0. The molecule has 0 aliphatic carbocycles. The second kappa shape index (κ2) is 5.73. The number of hydrogen-bond donors (Lipinski definition) is 1. The van der Waals surface area contributed by atoms with Gasteiger partial charge in [0.1, 0.15) is 11.6 Å². The molecule has 0 fully saturated rings. The monoisotopic (exact) mass is 309 g/mol. The van der Waals surface area contributed by atoms with Crippen molar-refractivity contribution < 1.29 is 17.5 Å². The Morgan fingerprint density at radius 2 is 1.81 bits per heavy atom. The normalized spacial score (nSPS) is 11.2. The first-order chi connectivity index (χ1) is 9.83. The Morgan fingerprint density at radius 1 is 1.10 bits per heavy atom. The number of sulfonamides is 1. The van der Waals surface area contributed by atoms with Gasteiger partial charge >= 0.3 is 0 Å². The molecule has 0 aliphatic rings. The smallest absolute Gasteiger partial charge is 0.262 e. The van der Waals surface area contributed by atoms with Gasteiger partial charge in [-0.25, -0.2) is 12.8 Å². The van der Waals surface area contributed by atoms with Crippen LogP contribution in [0, 0.1) is 19.7 Å². The van der Waals surface area contributed by atoms with E-state index in [0.29, 0.717) is 16.9 Å². The van der Waals surface area contributed by atoms with Crippen LogP contribution in [0.4, 0.5) is 10.1 Å². The zero-order chi connectivity index (χ0) is 15.6. The van der Waals surface area contributed by atoms with E-state index in [1.807, 2.05) is 0 Å². The SMILES string of the molecule is COc1cc(C)c(S(=O)(=O)Nc2cccc(F)c2)cc1C. The first-order valence-electron chi connectivity index (χ1n) is 6.27. The van der Waals surface area contributed by atoms with Crippen LogP contribution in [0.1, 0.15) is 11.1 Å². The summed E-state index contributed by atoms with van der Waals surface area (Å²) >= 11 is 0. The van der Waals surface area contributed by atoms with Gasteiger partial charge in [-0.2, -0.15) is 0 Å². The molecule has 2 aromatic carbocycles. The van der Waals surface area contributed by atoms with Crippen LogP contribution in [0.25, 0.3) is 0 Å². The topological polar surface area (TPSA) is 55.4 Å². The summed E-state index contributed by atoms with van der Waals surface area (Å²) in [4.78, 5) is 0.144. The third-order valence-corrected chi connectivity index (χ3v) is 4.58. The number of anilines is 1. The molecule has 0 heterocycles. The molecule has 112 valence electrons. The van der Waals surface area contributed by atoms with Gasteiger partial charge in [-0.05, 0) is 55.3 Å². The van der Waals surface area contributed by atoms with E-state index in [0.717, 1.165) is 6.07 Å². The molecule has 0 spiro atoms. The summed E-state index contributed by atoms with van der Waals surface area (Å²) in [6, 6.07) is 8.51. The van der Waals surface area contributed by atoms with Gasteiger partial charge in [0.05, 0.1) is 17.7 Å². The predicted octanol–water partition coefficient (Wildman–Crippen LogP) is 3.25. The Hall–Kier alpha value is -2.08. The van der Waals surface area contributed by atoms with Crippen molar-refractivity contribution in [3.63, 3.8) is 0 Å². The van der Waals surface area contributed by atoms with Crippen LogP contribution in [-0.2, 0) is 10.0 Å². The van der Waals surface area contributed by atoms with Gasteiger partial charge in [0.25, 0.3) is 10.0 Å². The number of halogens is 1. The maximum atomic E-state index is 13.1. The molecule has 0 aliphatic heterocycles. The summed E-state index contributed by atoms with van der Waals surface area (Å²) in [7, 11) is -2.25.